The maximum absolute atomic E-state index is 13.7. The van der Waals surface area contributed by atoms with Crippen LogP contribution in [-0.4, -0.2) is 55.0 Å². The van der Waals surface area contributed by atoms with E-state index >= 15 is 0 Å². The zero-order chi connectivity index (χ0) is 22.6. The molecule has 2 fully saturated rings. The maximum Gasteiger partial charge on any atom is 0.247 e. The molecule has 1 unspecified atom stereocenters. The number of rotatable bonds is 5. The average Bonchev–Trinajstić information content (AvgIpc) is 2.70. The van der Waals surface area contributed by atoms with Crippen LogP contribution in [0.15, 0.2) is 24.3 Å². The lowest BCUT2D eigenvalue weighted by molar-refractivity contribution is -0.133. The van der Waals surface area contributed by atoms with Crippen LogP contribution in [-0.2, 0) is 19.6 Å². The van der Waals surface area contributed by atoms with Crippen molar-refractivity contribution in [1.82, 2.24) is 9.62 Å². The number of hydrogen-bond acceptors (Lipinski definition) is 4. The molecule has 2 amide bonds. The molecular formula is C23H35N3O4S. The molecular weight excluding hydrogens is 414 g/mol. The summed E-state index contributed by atoms with van der Waals surface area (Å²) in [6.45, 7) is 4.83. The third-order valence-corrected chi connectivity index (χ3v) is 8.36. The minimum absolute atomic E-state index is 0.0524. The first-order chi connectivity index (χ1) is 14.7. The van der Waals surface area contributed by atoms with Crippen molar-refractivity contribution in [3.63, 3.8) is 0 Å². The molecule has 1 saturated heterocycles. The van der Waals surface area contributed by atoms with Crippen molar-refractivity contribution in [3.05, 3.63) is 29.8 Å². The second-order valence-corrected chi connectivity index (χ2v) is 11.2. The smallest absolute Gasteiger partial charge is 0.247 e. The topological polar surface area (TPSA) is 86.8 Å². The number of aryl methyl sites for hydroxylation is 1. The molecule has 31 heavy (non-hydrogen) atoms. The van der Waals surface area contributed by atoms with Gasteiger partial charge in [0, 0.05) is 18.3 Å². The van der Waals surface area contributed by atoms with Crippen LogP contribution in [0.5, 0.6) is 0 Å². The Labute approximate surface area is 186 Å². The fourth-order valence-corrected chi connectivity index (χ4v) is 5.80. The molecule has 0 radical (unpaired) electrons. The molecule has 1 heterocycles. The molecule has 0 spiro atoms. The molecule has 1 aliphatic carbocycles. The van der Waals surface area contributed by atoms with Crippen LogP contribution in [0, 0.1) is 6.92 Å². The first kappa shape index (κ1) is 23.7. The maximum atomic E-state index is 13.7. The minimum Gasteiger partial charge on any atom is -0.351 e. The largest absolute Gasteiger partial charge is 0.351 e. The van der Waals surface area contributed by atoms with Gasteiger partial charge < -0.3 is 5.32 Å². The summed E-state index contributed by atoms with van der Waals surface area (Å²) in [6, 6.07) is 7.48. The molecule has 0 bridgehead atoms. The molecule has 7 nitrogen and oxygen atoms in total. The number of piperazine rings is 1. The Morgan fingerprint density at radius 3 is 2.35 bits per heavy atom. The molecule has 1 atom stereocenters. The predicted molar refractivity (Wildman–Crippen MR) is 122 cm³/mol. The second kappa shape index (κ2) is 9.69. The Balaban J connectivity index is 1.96. The Hall–Kier alpha value is -1.93. The summed E-state index contributed by atoms with van der Waals surface area (Å²) < 4.78 is 26.4. The number of carbonyl (C=O) groups excluding carboxylic acids is 2. The highest BCUT2D eigenvalue weighted by molar-refractivity contribution is 7.89. The highest BCUT2D eigenvalue weighted by Gasteiger charge is 2.51. The number of nitrogens with zero attached hydrogens (tertiary/aromatic N) is 2. The fraction of sp³-hybridized carbons (Fsp3) is 0.652. The molecule has 1 aliphatic heterocycles. The lowest BCUT2D eigenvalue weighted by Crippen LogP contribution is -2.71. The highest BCUT2D eigenvalue weighted by Crippen LogP contribution is 2.33. The number of sulfonamides is 1. The highest BCUT2D eigenvalue weighted by atomic mass is 32.2. The number of nitrogens with one attached hydrogen (secondary N) is 1. The van der Waals surface area contributed by atoms with Crippen molar-refractivity contribution in [3.8, 4) is 0 Å². The van der Waals surface area contributed by atoms with Crippen molar-refractivity contribution in [2.24, 2.45) is 0 Å². The molecule has 8 heteroatoms. The molecule has 3 rings (SSSR count). The van der Waals surface area contributed by atoms with Gasteiger partial charge in [-0.15, -0.1) is 0 Å². The van der Waals surface area contributed by atoms with Crippen LogP contribution in [0.3, 0.4) is 0 Å². The number of anilines is 1. The summed E-state index contributed by atoms with van der Waals surface area (Å²) in [4.78, 5) is 28.4. The van der Waals surface area contributed by atoms with Gasteiger partial charge in [0.25, 0.3) is 0 Å². The Morgan fingerprint density at radius 2 is 1.74 bits per heavy atom. The summed E-state index contributed by atoms with van der Waals surface area (Å²) in [7, 11) is -3.61. The monoisotopic (exact) mass is 449 g/mol. The summed E-state index contributed by atoms with van der Waals surface area (Å²) in [5.74, 6) is -0.774. The van der Waals surface area contributed by atoms with Gasteiger partial charge in [0.15, 0.2) is 0 Å². The summed E-state index contributed by atoms with van der Waals surface area (Å²) >= 11 is 0. The number of amides is 2. The van der Waals surface area contributed by atoms with Gasteiger partial charge in [-0.05, 0) is 45.2 Å². The number of benzene rings is 1. The van der Waals surface area contributed by atoms with Crippen molar-refractivity contribution < 1.29 is 18.0 Å². The van der Waals surface area contributed by atoms with Crippen LogP contribution in [0.4, 0.5) is 5.69 Å². The van der Waals surface area contributed by atoms with Crippen LogP contribution in [0.1, 0.15) is 64.4 Å². The number of carbonyl (C=O) groups is 2. The van der Waals surface area contributed by atoms with Crippen LogP contribution in [0.25, 0.3) is 0 Å². The molecule has 0 aromatic heterocycles. The second-order valence-electron chi connectivity index (χ2n) is 8.97. The van der Waals surface area contributed by atoms with Crippen molar-refractivity contribution in [1.29, 1.82) is 0 Å². The molecule has 1 aromatic carbocycles. The first-order valence-corrected chi connectivity index (χ1v) is 13.0. The zero-order valence-corrected chi connectivity index (χ0v) is 19.7. The summed E-state index contributed by atoms with van der Waals surface area (Å²) in [6.07, 6.45) is 7.53. The van der Waals surface area contributed by atoms with Gasteiger partial charge in [-0.2, -0.15) is 4.31 Å². The van der Waals surface area contributed by atoms with E-state index in [9.17, 15) is 18.0 Å². The van der Waals surface area contributed by atoms with Gasteiger partial charge in [0.2, 0.25) is 21.8 Å². The lowest BCUT2D eigenvalue weighted by atomic mass is 9.91. The van der Waals surface area contributed by atoms with Gasteiger partial charge >= 0.3 is 0 Å². The SMILES string of the molecule is CCS(=O)(=O)N1CC(=O)N(c2ccccc2C)C(C)(C(=O)NC2CCCCCCC2)C1. The average molecular weight is 450 g/mol. The first-order valence-electron chi connectivity index (χ1n) is 11.4. The van der Waals surface area contributed by atoms with E-state index in [2.05, 4.69) is 5.32 Å². The van der Waals surface area contributed by atoms with E-state index in [0.717, 1.165) is 31.2 Å². The van der Waals surface area contributed by atoms with Crippen LogP contribution in [0.2, 0.25) is 0 Å². The quantitative estimate of drug-likeness (QED) is 0.749. The third kappa shape index (κ3) is 5.12. The number of para-hydroxylation sites is 1. The Morgan fingerprint density at radius 1 is 1.13 bits per heavy atom. The van der Waals surface area contributed by atoms with Gasteiger partial charge in [-0.3, -0.25) is 14.5 Å². The predicted octanol–water partition coefficient (Wildman–Crippen LogP) is 2.98. The van der Waals surface area contributed by atoms with Gasteiger partial charge in [0.05, 0.1) is 12.3 Å². The van der Waals surface area contributed by atoms with Gasteiger partial charge in [-0.1, -0.05) is 50.3 Å². The third-order valence-electron chi connectivity index (χ3n) is 6.58. The van der Waals surface area contributed by atoms with Crippen molar-refractivity contribution in [2.75, 3.05) is 23.7 Å². The normalized spacial score (nSPS) is 24.5. The van der Waals surface area contributed by atoms with Gasteiger partial charge in [-0.25, -0.2) is 8.42 Å². The van der Waals surface area contributed by atoms with E-state index in [1.807, 2.05) is 31.2 Å². The van der Waals surface area contributed by atoms with E-state index in [4.69, 9.17) is 0 Å². The van der Waals surface area contributed by atoms with Crippen LogP contribution < -0.4 is 10.2 Å². The van der Waals surface area contributed by atoms with Gasteiger partial charge in [0.1, 0.15) is 5.54 Å². The van der Waals surface area contributed by atoms with Crippen molar-refractivity contribution in [2.45, 2.75) is 77.3 Å². The van der Waals surface area contributed by atoms with E-state index in [1.54, 1.807) is 13.8 Å². The lowest BCUT2D eigenvalue weighted by Gasteiger charge is -2.47. The van der Waals surface area contributed by atoms with E-state index in [1.165, 1.54) is 28.5 Å². The molecule has 1 saturated carbocycles. The minimum atomic E-state index is -3.61. The van der Waals surface area contributed by atoms with E-state index < -0.39 is 15.6 Å². The van der Waals surface area contributed by atoms with Crippen molar-refractivity contribution >= 4 is 27.5 Å². The number of hydrogen-bond donors (Lipinski definition) is 1. The molecule has 2 aliphatic rings. The fourth-order valence-electron chi connectivity index (χ4n) is 4.68. The summed E-state index contributed by atoms with van der Waals surface area (Å²) in [5, 5.41) is 3.17. The molecule has 172 valence electrons. The molecule has 1 aromatic rings. The Kier molecular flexibility index (Phi) is 7.42. The van der Waals surface area contributed by atoms with Crippen LogP contribution >= 0.6 is 0 Å². The summed E-state index contributed by atoms with van der Waals surface area (Å²) in [5.41, 5.74) is 0.190. The van der Waals surface area contributed by atoms with E-state index in [0.29, 0.717) is 5.69 Å². The standard InChI is InChI=1S/C23H35N3O4S/c1-4-31(29,30)25-16-21(27)26(20-15-11-10-12-18(20)2)23(3,17-25)22(28)24-19-13-8-6-5-7-9-14-19/h10-12,15,19H,4-9,13-14,16-17H2,1-3H3,(H,24,28). The molecule has 1 N–H and O–H groups in total. The Bertz CT molecular complexity index is 909. The van der Waals surface area contributed by atoms with E-state index in [-0.39, 0.29) is 36.7 Å². The zero-order valence-electron chi connectivity index (χ0n) is 18.9.